The molecule has 25 heavy (non-hydrogen) atoms. The quantitative estimate of drug-likeness (QED) is 0.805. The van der Waals surface area contributed by atoms with Crippen molar-refractivity contribution in [2.75, 3.05) is 39.9 Å². The minimum atomic E-state index is -0.0444. The maximum absolute atomic E-state index is 12.6. The summed E-state index contributed by atoms with van der Waals surface area (Å²) in [5, 5.41) is 3.07. The van der Waals surface area contributed by atoms with Gasteiger partial charge >= 0.3 is 6.03 Å². The third-order valence-electron chi connectivity index (χ3n) is 4.60. The summed E-state index contributed by atoms with van der Waals surface area (Å²) in [7, 11) is 1.65. The normalized spacial score (nSPS) is 15.2. The van der Waals surface area contributed by atoms with Gasteiger partial charge in [0.25, 0.3) is 0 Å². The zero-order chi connectivity index (χ0) is 18.2. The number of ether oxygens (including phenoxy) is 1. The van der Waals surface area contributed by atoms with E-state index in [1.807, 2.05) is 4.90 Å². The molecule has 1 saturated heterocycles. The van der Waals surface area contributed by atoms with Crippen LogP contribution in [-0.2, 0) is 16.1 Å². The second kappa shape index (κ2) is 9.77. The molecule has 7 heteroatoms. The highest BCUT2D eigenvalue weighted by Gasteiger charge is 2.22. The van der Waals surface area contributed by atoms with Crippen molar-refractivity contribution in [3.05, 3.63) is 21.9 Å². The lowest BCUT2D eigenvalue weighted by molar-refractivity contribution is -0.130. The molecule has 3 amide bonds. The van der Waals surface area contributed by atoms with Crippen LogP contribution in [0.4, 0.5) is 4.79 Å². The number of amides is 3. The molecule has 0 unspecified atom stereocenters. The standard InChI is InChI=1S/C18H29N3O3S/c1-14-4-5-17(25-14)13-21(10-11-24-3)18(23)19-12-16-6-8-20(9-7-16)15(2)22/h4-5,16H,6-13H2,1-3H3,(H,19,23). The Morgan fingerprint density at radius 1 is 1.36 bits per heavy atom. The number of nitrogens with zero attached hydrogens (tertiary/aromatic N) is 2. The zero-order valence-electron chi connectivity index (χ0n) is 15.4. The summed E-state index contributed by atoms with van der Waals surface area (Å²) in [6.45, 7) is 7.63. The first-order valence-corrected chi connectivity index (χ1v) is 9.63. The van der Waals surface area contributed by atoms with Gasteiger partial charge < -0.3 is 19.9 Å². The summed E-state index contributed by atoms with van der Waals surface area (Å²) < 4.78 is 5.14. The van der Waals surface area contributed by atoms with Crippen LogP contribution in [0, 0.1) is 12.8 Å². The van der Waals surface area contributed by atoms with Crippen molar-refractivity contribution < 1.29 is 14.3 Å². The Morgan fingerprint density at radius 2 is 2.08 bits per heavy atom. The Balaban J connectivity index is 1.81. The minimum absolute atomic E-state index is 0.0444. The van der Waals surface area contributed by atoms with Crippen molar-refractivity contribution in [2.45, 2.75) is 33.2 Å². The first-order valence-electron chi connectivity index (χ1n) is 8.82. The Morgan fingerprint density at radius 3 is 2.64 bits per heavy atom. The van der Waals surface area contributed by atoms with Crippen molar-refractivity contribution in [1.29, 1.82) is 0 Å². The van der Waals surface area contributed by atoms with Gasteiger partial charge in [-0.1, -0.05) is 0 Å². The Bertz CT molecular complexity index is 568. The summed E-state index contributed by atoms with van der Waals surface area (Å²) in [6.07, 6.45) is 1.89. The van der Waals surface area contributed by atoms with Crippen LogP contribution >= 0.6 is 11.3 Å². The highest BCUT2D eigenvalue weighted by molar-refractivity contribution is 7.11. The fraction of sp³-hybridized carbons (Fsp3) is 0.667. The van der Waals surface area contributed by atoms with E-state index in [9.17, 15) is 9.59 Å². The van der Waals surface area contributed by atoms with Crippen molar-refractivity contribution in [3.8, 4) is 0 Å². The van der Waals surface area contributed by atoms with E-state index in [1.165, 1.54) is 9.75 Å². The lowest BCUT2D eigenvalue weighted by atomic mass is 9.97. The first kappa shape index (κ1) is 19.7. The highest BCUT2D eigenvalue weighted by Crippen LogP contribution is 2.18. The second-order valence-electron chi connectivity index (χ2n) is 6.56. The van der Waals surface area contributed by atoms with E-state index in [1.54, 1.807) is 30.3 Å². The molecule has 6 nitrogen and oxygen atoms in total. The molecule has 0 bridgehead atoms. The molecule has 1 aliphatic rings. The second-order valence-corrected chi connectivity index (χ2v) is 7.93. The molecule has 1 aromatic rings. The molecule has 2 heterocycles. The maximum Gasteiger partial charge on any atom is 0.317 e. The molecule has 2 rings (SSSR count). The number of likely N-dealkylation sites (tertiary alicyclic amines) is 1. The number of thiophene rings is 1. The van der Waals surface area contributed by atoms with Gasteiger partial charge in [-0.15, -0.1) is 11.3 Å². The van der Waals surface area contributed by atoms with Crippen LogP contribution in [0.25, 0.3) is 0 Å². The largest absolute Gasteiger partial charge is 0.383 e. The van der Waals surface area contributed by atoms with Crippen molar-refractivity contribution in [2.24, 2.45) is 5.92 Å². The van der Waals surface area contributed by atoms with E-state index < -0.39 is 0 Å². The van der Waals surface area contributed by atoms with Gasteiger partial charge in [-0.2, -0.15) is 0 Å². The number of piperidine rings is 1. The van der Waals surface area contributed by atoms with Crippen LogP contribution in [0.1, 0.15) is 29.5 Å². The van der Waals surface area contributed by atoms with Gasteiger partial charge in [-0.05, 0) is 37.8 Å². The maximum atomic E-state index is 12.6. The average molecular weight is 368 g/mol. The van der Waals surface area contributed by atoms with E-state index in [0.717, 1.165) is 25.9 Å². The fourth-order valence-corrected chi connectivity index (χ4v) is 3.91. The number of carbonyl (C=O) groups is 2. The third kappa shape index (κ3) is 6.32. The number of hydrogen-bond acceptors (Lipinski definition) is 4. The van der Waals surface area contributed by atoms with Gasteiger partial charge in [-0.3, -0.25) is 4.79 Å². The van der Waals surface area contributed by atoms with Crippen LogP contribution in [0.2, 0.25) is 0 Å². The Hall–Kier alpha value is -1.60. The van der Waals surface area contributed by atoms with E-state index in [4.69, 9.17) is 4.74 Å². The van der Waals surface area contributed by atoms with Crippen LogP contribution in [0.5, 0.6) is 0 Å². The number of hydrogen-bond donors (Lipinski definition) is 1. The SMILES string of the molecule is COCCN(Cc1ccc(C)s1)C(=O)NCC1CCN(C(C)=O)CC1. The van der Waals surface area contributed by atoms with E-state index >= 15 is 0 Å². The topological polar surface area (TPSA) is 61.9 Å². The number of aryl methyl sites for hydroxylation is 1. The van der Waals surface area contributed by atoms with Gasteiger partial charge in [0.05, 0.1) is 13.2 Å². The van der Waals surface area contributed by atoms with Crippen LogP contribution in [0.15, 0.2) is 12.1 Å². The predicted molar refractivity (Wildman–Crippen MR) is 99.7 cm³/mol. The van der Waals surface area contributed by atoms with E-state index in [0.29, 0.717) is 32.2 Å². The molecule has 1 N–H and O–H groups in total. The molecular formula is C18H29N3O3S. The molecule has 1 aliphatic heterocycles. The molecule has 140 valence electrons. The van der Waals surface area contributed by atoms with Gasteiger partial charge in [0, 0.05) is 50.0 Å². The number of carbonyl (C=O) groups excluding carboxylic acids is 2. The zero-order valence-corrected chi connectivity index (χ0v) is 16.2. The third-order valence-corrected chi connectivity index (χ3v) is 5.58. The molecule has 0 spiro atoms. The highest BCUT2D eigenvalue weighted by atomic mass is 32.1. The lowest BCUT2D eigenvalue weighted by Gasteiger charge is -2.32. The molecule has 1 fully saturated rings. The average Bonchev–Trinajstić information content (AvgIpc) is 3.01. The van der Waals surface area contributed by atoms with E-state index in [-0.39, 0.29) is 11.9 Å². The smallest absolute Gasteiger partial charge is 0.317 e. The van der Waals surface area contributed by atoms with Crippen LogP contribution in [-0.4, -0.2) is 61.6 Å². The Kier molecular flexibility index (Phi) is 7.71. The van der Waals surface area contributed by atoms with Crippen molar-refractivity contribution in [3.63, 3.8) is 0 Å². The predicted octanol–water partition coefficient (Wildman–Crippen LogP) is 2.47. The fourth-order valence-electron chi connectivity index (χ4n) is 3.01. The number of rotatable bonds is 7. The summed E-state index contributed by atoms with van der Waals surface area (Å²) in [6, 6.07) is 4.11. The van der Waals surface area contributed by atoms with Gasteiger partial charge in [0.15, 0.2) is 0 Å². The number of urea groups is 1. The summed E-state index contributed by atoms with van der Waals surface area (Å²) in [4.78, 5) is 30.1. The number of methoxy groups -OCH3 is 1. The monoisotopic (exact) mass is 367 g/mol. The molecular weight excluding hydrogens is 338 g/mol. The minimum Gasteiger partial charge on any atom is -0.383 e. The molecule has 1 aromatic heterocycles. The van der Waals surface area contributed by atoms with Gasteiger partial charge in [0.1, 0.15) is 0 Å². The Labute approximate surface area is 154 Å². The lowest BCUT2D eigenvalue weighted by Crippen LogP contribution is -2.45. The summed E-state index contributed by atoms with van der Waals surface area (Å²) >= 11 is 1.72. The summed E-state index contributed by atoms with van der Waals surface area (Å²) in [5.41, 5.74) is 0. The molecule has 0 radical (unpaired) electrons. The van der Waals surface area contributed by atoms with Crippen LogP contribution < -0.4 is 5.32 Å². The molecule has 0 saturated carbocycles. The first-order chi connectivity index (χ1) is 12.0. The van der Waals surface area contributed by atoms with Crippen molar-refractivity contribution >= 4 is 23.3 Å². The molecule has 0 aliphatic carbocycles. The van der Waals surface area contributed by atoms with Crippen molar-refractivity contribution in [1.82, 2.24) is 15.1 Å². The van der Waals surface area contributed by atoms with Gasteiger partial charge in [0.2, 0.25) is 5.91 Å². The van der Waals surface area contributed by atoms with Gasteiger partial charge in [-0.25, -0.2) is 4.79 Å². The van der Waals surface area contributed by atoms with Crippen LogP contribution in [0.3, 0.4) is 0 Å². The number of nitrogens with one attached hydrogen (secondary N) is 1. The molecule has 0 aromatic carbocycles. The molecule has 0 atom stereocenters. The summed E-state index contributed by atoms with van der Waals surface area (Å²) in [5.74, 6) is 0.576. The van der Waals surface area contributed by atoms with E-state index in [2.05, 4.69) is 24.4 Å².